The average molecular weight is 527 g/mol. The molecule has 1 aliphatic heterocycles. The van der Waals surface area contributed by atoms with Gasteiger partial charge < -0.3 is 18.9 Å². The zero-order chi connectivity index (χ0) is 26.8. The minimum absolute atomic E-state index is 0.359. The first kappa shape index (κ1) is 27.7. The number of anilines is 1. The van der Waals surface area contributed by atoms with Gasteiger partial charge in [-0.05, 0) is 83.5 Å². The number of benzene rings is 2. The Morgan fingerprint density at radius 1 is 1.05 bits per heavy atom. The highest BCUT2D eigenvalue weighted by molar-refractivity contribution is 7.70. The maximum absolute atomic E-state index is 13.0. The fraction of sp³-hybridized carbons (Fsp3) is 0.567. The maximum atomic E-state index is 13.0. The van der Waals surface area contributed by atoms with Crippen LogP contribution in [0.5, 0.6) is 5.75 Å². The normalized spacial score (nSPS) is 19.2. The van der Waals surface area contributed by atoms with Crippen LogP contribution >= 0.6 is 7.14 Å². The topological polar surface area (TPSA) is 59.1 Å². The van der Waals surface area contributed by atoms with Crippen molar-refractivity contribution in [2.45, 2.75) is 65.0 Å². The number of fused-ring (bicyclic) bond motifs is 1. The van der Waals surface area contributed by atoms with E-state index >= 15 is 0 Å². The first-order valence-corrected chi connectivity index (χ1v) is 16.2. The van der Waals surface area contributed by atoms with E-state index in [1.807, 2.05) is 59.2 Å². The van der Waals surface area contributed by atoms with Crippen LogP contribution in [0.4, 0.5) is 5.69 Å². The summed E-state index contributed by atoms with van der Waals surface area (Å²) in [6, 6.07) is 12.6. The molecule has 0 amide bonds. The van der Waals surface area contributed by atoms with E-state index in [9.17, 15) is 9.36 Å². The lowest BCUT2D eigenvalue weighted by Gasteiger charge is -2.41. The second kappa shape index (κ2) is 11.2. The van der Waals surface area contributed by atoms with E-state index in [2.05, 4.69) is 28.0 Å². The predicted octanol–water partition coefficient (Wildman–Crippen LogP) is 5.88. The van der Waals surface area contributed by atoms with Gasteiger partial charge in [0, 0.05) is 49.3 Å². The first-order valence-electron chi connectivity index (χ1n) is 13.6. The van der Waals surface area contributed by atoms with Crippen molar-refractivity contribution in [3.8, 4) is 5.75 Å². The molecular weight excluding hydrogens is 483 g/mol. The number of piperazine rings is 1. The number of hydrogen-bond acceptors (Lipinski definition) is 6. The van der Waals surface area contributed by atoms with Gasteiger partial charge in [0.15, 0.2) is 0 Å². The molecule has 0 aromatic heterocycles. The van der Waals surface area contributed by atoms with E-state index in [0.717, 1.165) is 56.4 Å². The molecule has 2 aromatic carbocycles. The van der Waals surface area contributed by atoms with Gasteiger partial charge >= 0.3 is 5.97 Å². The van der Waals surface area contributed by atoms with Crippen LogP contribution < -0.4 is 14.9 Å². The number of ether oxygens (including phenoxy) is 2. The molecule has 7 heteroatoms. The van der Waals surface area contributed by atoms with Gasteiger partial charge in [0.05, 0.1) is 6.61 Å². The summed E-state index contributed by atoms with van der Waals surface area (Å²) in [5.74, 6) is 0.216. The molecule has 0 N–H and O–H groups in total. The zero-order valence-electron chi connectivity index (χ0n) is 23.4. The summed E-state index contributed by atoms with van der Waals surface area (Å²) in [4.78, 5) is 17.7. The van der Waals surface area contributed by atoms with Crippen LogP contribution in [0, 0.1) is 0 Å². The van der Waals surface area contributed by atoms with Crippen LogP contribution in [0.25, 0.3) is 0 Å². The highest BCUT2D eigenvalue weighted by Crippen LogP contribution is 2.41. The Kier molecular flexibility index (Phi) is 8.40. The Balaban J connectivity index is 1.51. The molecular formula is C30H43N2O4P. The third-order valence-corrected chi connectivity index (χ3v) is 8.86. The van der Waals surface area contributed by atoms with Crippen molar-refractivity contribution >= 4 is 24.1 Å². The molecule has 6 nitrogen and oxygen atoms in total. The van der Waals surface area contributed by atoms with E-state index in [1.54, 1.807) is 0 Å². The summed E-state index contributed by atoms with van der Waals surface area (Å²) in [5, 5.41) is 1.07. The summed E-state index contributed by atoms with van der Waals surface area (Å²) in [6.07, 6.45) is 4.52. The fourth-order valence-corrected chi connectivity index (χ4v) is 6.97. The first-order chi connectivity index (χ1) is 17.5. The van der Waals surface area contributed by atoms with Gasteiger partial charge in [-0.3, -0.25) is 4.90 Å². The van der Waals surface area contributed by atoms with Gasteiger partial charge in [-0.15, -0.1) is 0 Å². The van der Waals surface area contributed by atoms with Gasteiger partial charge in [0.1, 0.15) is 24.1 Å². The molecule has 4 rings (SSSR count). The fourth-order valence-electron chi connectivity index (χ4n) is 5.63. The van der Waals surface area contributed by atoms with Gasteiger partial charge in [0.2, 0.25) is 0 Å². The zero-order valence-corrected chi connectivity index (χ0v) is 24.3. The van der Waals surface area contributed by atoms with Crippen molar-refractivity contribution in [1.29, 1.82) is 0 Å². The molecule has 1 atom stereocenters. The van der Waals surface area contributed by atoms with Gasteiger partial charge in [0.25, 0.3) is 0 Å². The highest BCUT2D eigenvalue weighted by Gasteiger charge is 2.31. The lowest BCUT2D eigenvalue weighted by molar-refractivity contribution is 0.00660. The molecule has 0 bridgehead atoms. The van der Waals surface area contributed by atoms with Crippen molar-refractivity contribution < 1.29 is 18.8 Å². The molecule has 37 heavy (non-hydrogen) atoms. The third kappa shape index (κ3) is 6.59. The minimum atomic E-state index is -2.32. The lowest BCUT2D eigenvalue weighted by atomic mass is 9.97. The molecule has 2 aromatic rings. The monoisotopic (exact) mass is 526 g/mol. The Morgan fingerprint density at radius 2 is 1.78 bits per heavy atom. The molecule has 0 saturated carbocycles. The van der Waals surface area contributed by atoms with Crippen molar-refractivity contribution in [2.24, 2.45) is 0 Å². The van der Waals surface area contributed by atoms with E-state index in [0.29, 0.717) is 24.0 Å². The number of carbonyl (C=O) groups excluding carboxylic acids is 1. The number of esters is 1. The highest BCUT2D eigenvalue weighted by atomic mass is 31.2. The molecule has 2 aliphatic rings. The molecule has 1 saturated heterocycles. The molecule has 1 unspecified atom stereocenters. The Labute approximate surface area is 222 Å². The van der Waals surface area contributed by atoms with Crippen LogP contribution in [0.1, 0.15) is 74.5 Å². The summed E-state index contributed by atoms with van der Waals surface area (Å²) >= 11 is 0. The van der Waals surface area contributed by atoms with Crippen LogP contribution in [0.3, 0.4) is 0 Å². The lowest BCUT2D eigenvalue weighted by Crippen LogP contribution is -2.47. The van der Waals surface area contributed by atoms with E-state index in [1.165, 1.54) is 17.5 Å². The van der Waals surface area contributed by atoms with Crippen molar-refractivity contribution in [3.63, 3.8) is 0 Å². The van der Waals surface area contributed by atoms with Crippen LogP contribution in [0.15, 0.2) is 36.4 Å². The van der Waals surface area contributed by atoms with Crippen molar-refractivity contribution in [2.75, 3.05) is 51.0 Å². The van der Waals surface area contributed by atoms with Crippen LogP contribution in [0.2, 0.25) is 0 Å². The van der Waals surface area contributed by atoms with E-state index < -0.39 is 12.7 Å². The SMILES string of the molecule is CCOc1cc(N2CCN(C3CCCCc4c3cccc4P(C)(C)=O)CC2)ccc1C(=O)OC(C)(C)C. The van der Waals surface area contributed by atoms with Crippen LogP contribution in [-0.2, 0) is 15.7 Å². The smallest absolute Gasteiger partial charge is 0.342 e. The molecule has 0 spiro atoms. The third-order valence-electron chi connectivity index (χ3n) is 7.29. The summed E-state index contributed by atoms with van der Waals surface area (Å²) in [7, 11) is -2.32. The number of carbonyl (C=O) groups is 1. The second-order valence-corrected chi connectivity index (χ2v) is 14.8. The molecule has 1 aliphatic carbocycles. The van der Waals surface area contributed by atoms with E-state index in [4.69, 9.17) is 9.47 Å². The minimum Gasteiger partial charge on any atom is -0.493 e. The predicted molar refractivity (Wildman–Crippen MR) is 152 cm³/mol. The summed E-state index contributed by atoms with van der Waals surface area (Å²) in [5.41, 5.74) is 3.69. The van der Waals surface area contributed by atoms with Crippen molar-refractivity contribution in [3.05, 3.63) is 53.1 Å². The Bertz CT molecular complexity index is 1160. The molecule has 1 fully saturated rings. The maximum Gasteiger partial charge on any atom is 0.342 e. The second-order valence-electron chi connectivity index (χ2n) is 11.6. The average Bonchev–Trinajstić information content (AvgIpc) is 3.05. The molecule has 0 radical (unpaired) electrons. The van der Waals surface area contributed by atoms with Gasteiger partial charge in [-0.2, -0.15) is 0 Å². The van der Waals surface area contributed by atoms with E-state index in [-0.39, 0.29) is 5.97 Å². The standard InChI is InChI=1S/C30H43N2O4P/c1-7-35-27-21-22(15-16-25(27)29(33)36-30(2,3)4)31-17-19-32(20-18-31)26-13-9-8-11-24-23(26)12-10-14-28(24)37(5,6)34/h10,12,14-16,21,26H,7-9,11,13,17-20H2,1-6H3. The molecule has 1 heterocycles. The Morgan fingerprint density at radius 3 is 2.43 bits per heavy atom. The van der Waals surface area contributed by atoms with Crippen LogP contribution in [-0.4, -0.2) is 62.6 Å². The number of nitrogens with zero attached hydrogens (tertiary/aromatic N) is 2. The summed E-state index contributed by atoms with van der Waals surface area (Å²) in [6.45, 7) is 15.5. The number of hydrogen-bond donors (Lipinski definition) is 0. The Hall–Kier alpha value is -2.30. The van der Waals surface area contributed by atoms with Crippen molar-refractivity contribution in [1.82, 2.24) is 4.90 Å². The summed E-state index contributed by atoms with van der Waals surface area (Å²) < 4.78 is 24.5. The number of rotatable bonds is 6. The largest absolute Gasteiger partial charge is 0.493 e. The molecule has 202 valence electrons. The van der Waals surface area contributed by atoms with Gasteiger partial charge in [-0.1, -0.05) is 24.6 Å². The quantitative estimate of drug-likeness (QED) is 0.266. The van der Waals surface area contributed by atoms with Gasteiger partial charge in [-0.25, -0.2) is 4.79 Å².